The molecule has 0 heterocycles. The van der Waals surface area contributed by atoms with E-state index in [-0.39, 0.29) is 31.6 Å². The predicted octanol–water partition coefficient (Wildman–Crippen LogP) is 15.3. The van der Waals surface area contributed by atoms with Gasteiger partial charge in [0, 0.05) is 12.8 Å². The van der Waals surface area contributed by atoms with Crippen LogP contribution < -0.4 is 0 Å². The molecule has 0 saturated carbocycles. The third-order valence-electron chi connectivity index (χ3n) is 9.18. The van der Waals surface area contributed by atoms with Crippen molar-refractivity contribution in [2.24, 2.45) is 0 Å². The lowest BCUT2D eigenvalue weighted by Crippen LogP contribution is -2.28. The van der Waals surface area contributed by atoms with E-state index >= 15 is 0 Å². The van der Waals surface area contributed by atoms with E-state index in [1.165, 1.54) is 38.5 Å². The smallest absolute Gasteiger partial charge is 0.306 e. The minimum Gasteiger partial charge on any atom is -0.462 e. The van der Waals surface area contributed by atoms with Gasteiger partial charge in [-0.3, -0.25) is 9.59 Å². The lowest BCUT2D eigenvalue weighted by atomic mass is 10.1. The van der Waals surface area contributed by atoms with Crippen molar-refractivity contribution in [2.75, 3.05) is 13.2 Å². The topological polar surface area (TPSA) is 72.8 Å². The number of allylic oxidation sites excluding steroid dienone is 22. The Labute approximate surface area is 362 Å². The molecule has 5 nitrogen and oxygen atoms in total. The molecular formula is C54H84O5. The van der Waals surface area contributed by atoms with Gasteiger partial charge in [0.15, 0.2) is 6.10 Å². The molecule has 1 N–H and O–H groups in total. The summed E-state index contributed by atoms with van der Waals surface area (Å²) < 4.78 is 10.6. The van der Waals surface area contributed by atoms with Gasteiger partial charge in [0.1, 0.15) is 6.61 Å². The summed E-state index contributed by atoms with van der Waals surface area (Å²) in [4.78, 5) is 24.3. The van der Waals surface area contributed by atoms with Gasteiger partial charge in [-0.15, -0.1) is 0 Å². The Morgan fingerprint density at radius 2 is 0.729 bits per heavy atom. The van der Waals surface area contributed by atoms with Crippen LogP contribution in [0.2, 0.25) is 0 Å². The molecule has 1 unspecified atom stereocenters. The van der Waals surface area contributed by atoms with Crippen LogP contribution in [0.15, 0.2) is 134 Å². The van der Waals surface area contributed by atoms with Crippen LogP contribution in [0.1, 0.15) is 174 Å². The van der Waals surface area contributed by atoms with Gasteiger partial charge in [0.05, 0.1) is 6.61 Å². The molecule has 0 aromatic carbocycles. The zero-order valence-corrected chi connectivity index (χ0v) is 37.5. The molecule has 59 heavy (non-hydrogen) atoms. The summed E-state index contributed by atoms with van der Waals surface area (Å²) in [5, 5.41) is 9.57. The second-order valence-corrected chi connectivity index (χ2v) is 14.7. The Hall–Kier alpha value is -3.96. The third-order valence-corrected chi connectivity index (χ3v) is 9.18. The number of unbranched alkanes of at least 4 members (excludes halogenated alkanes) is 10. The lowest BCUT2D eigenvalue weighted by molar-refractivity contribution is -0.161. The highest BCUT2D eigenvalue weighted by atomic mass is 16.6. The fourth-order valence-electron chi connectivity index (χ4n) is 5.69. The summed E-state index contributed by atoms with van der Waals surface area (Å²) in [7, 11) is 0. The van der Waals surface area contributed by atoms with E-state index in [0.717, 1.165) is 103 Å². The first-order chi connectivity index (χ1) is 29.1. The van der Waals surface area contributed by atoms with Crippen molar-refractivity contribution in [2.45, 2.75) is 180 Å². The minimum absolute atomic E-state index is 0.0967. The molecule has 5 heteroatoms. The van der Waals surface area contributed by atoms with Crippen molar-refractivity contribution in [1.82, 2.24) is 0 Å². The summed E-state index contributed by atoms with van der Waals surface area (Å²) in [5.74, 6) is -0.666. The van der Waals surface area contributed by atoms with Crippen molar-refractivity contribution in [3.05, 3.63) is 134 Å². The fourth-order valence-corrected chi connectivity index (χ4v) is 5.69. The van der Waals surface area contributed by atoms with Crippen LogP contribution in [0.25, 0.3) is 0 Å². The van der Waals surface area contributed by atoms with Gasteiger partial charge in [0.25, 0.3) is 0 Å². The Morgan fingerprint density at radius 3 is 1.15 bits per heavy atom. The van der Waals surface area contributed by atoms with Crippen LogP contribution in [0.5, 0.6) is 0 Å². The predicted molar refractivity (Wildman–Crippen MR) is 255 cm³/mol. The average molecular weight is 813 g/mol. The standard InChI is InChI=1S/C54H84O5/c1-3-5-7-9-11-13-15-17-18-19-20-21-22-23-24-25-26-27-28-29-30-31-32-33-34-35-36-37-39-41-43-45-47-49-54(57)59-52(50-55)51-58-53(56)48-46-44-42-40-38-16-14-12-10-8-6-4-2/h5,7,11-14,17-18,20-21,23-24,26-27,29-30,32-33,35-36,39,41,52,55H,3-4,6,8-10,15-16,19,22,25,28,31,34,37-38,40,42-51H2,1-2H3/b7-5-,13-11-,14-12-,18-17-,21-20-,24-23-,27-26-,30-29-,33-32-,36-35-,41-39-. The molecule has 0 fully saturated rings. The zero-order chi connectivity index (χ0) is 42.8. The van der Waals surface area contributed by atoms with Crippen LogP contribution >= 0.6 is 0 Å². The number of carbonyl (C=O) groups is 2. The number of carbonyl (C=O) groups excluding carboxylic acids is 2. The monoisotopic (exact) mass is 813 g/mol. The van der Waals surface area contributed by atoms with Crippen molar-refractivity contribution in [3.63, 3.8) is 0 Å². The number of aliphatic hydroxyl groups is 1. The summed E-state index contributed by atoms with van der Waals surface area (Å²) in [5.41, 5.74) is 0. The van der Waals surface area contributed by atoms with Gasteiger partial charge < -0.3 is 14.6 Å². The number of esters is 2. The van der Waals surface area contributed by atoms with Gasteiger partial charge >= 0.3 is 11.9 Å². The Bertz CT molecular complexity index is 1290. The maximum absolute atomic E-state index is 12.2. The van der Waals surface area contributed by atoms with Gasteiger partial charge in [-0.05, 0) is 116 Å². The number of ether oxygens (including phenoxy) is 2. The zero-order valence-electron chi connectivity index (χ0n) is 37.5. The number of hydrogen-bond donors (Lipinski definition) is 1. The molecule has 0 aliphatic heterocycles. The van der Waals surface area contributed by atoms with Crippen molar-refractivity contribution >= 4 is 11.9 Å². The van der Waals surface area contributed by atoms with E-state index in [4.69, 9.17) is 9.47 Å². The minimum atomic E-state index is -0.807. The van der Waals surface area contributed by atoms with Crippen molar-refractivity contribution < 1.29 is 24.2 Å². The molecule has 0 aliphatic rings. The molecule has 0 aromatic rings. The fraction of sp³-hybridized carbons (Fsp3) is 0.556. The summed E-state index contributed by atoms with van der Waals surface area (Å²) in [6.07, 6.45) is 72.5. The Kier molecular flexibility index (Phi) is 45.2. The van der Waals surface area contributed by atoms with E-state index in [1.807, 2.05) is 0 Å². The molecule has 1 atom stereocenters. The number of aliphatic hydroxyl groups excluding tert-OH is 1. The van der Waals surface area contributed by atoms with E-state index in [1.54, 1.807) is 0 Å². The summed E-state index contributed by atoms with van der Waals surface area (Å²) >= 11 is 0. The number of hydrogen-bond acceptors (Lipinski definition) is 5. The number of rotatable bonds is 40. The van der Waals surface area contributed by atoms with Gasteiger partial charge in [-0.1, -0.05) is 180 Å². The molecule has 0 amide bonds. The van der Waals surface area contributed by atoms with Crippen molar-refractivity contribution in [3.8, 4) is 0 Å². The second-order valence-electron chi connectivity index (χ2n) is 14.7. The van der Waals surface area contributed by atoms with Gasteiger partial charge in [-0.2, -0.15) is 0 Å². The van der Waals surface area contributed by atoms with E-state index in [9.17, 15) is 14.7 Å². The Morgan fingerprint density at radius 1 is 0.407 bits per heavy atom. The molecule has 0 radical (unpaired) electrons. The normalized spacial score (nSPS) is 13.5. The van der Waals surface area contributed by atoms with Crippen LogP contribution in [0.4, 0.5) is 0 Å². The largest absolute Gasteiger partial charge is 0.462 e. The summed E-state index contributed by atoms with van der Waals surface area (Å²) in [6, 6.07) is 0. The average Bonchev–Trinajstić information content (AvgIpc) is 3.24. The third kappa shape index (κ3) is 46.6. The Balaban J connectivity index is 3.73. The first-order valence-electron chi connectivity index (χ1n) is 23.2. The van der Waals surface area contributed by atoms with Gasteiger partial charge in [-0.25, -0.2) is 0 Å². The maximum atomic E-state index is 12.2. The molecule has 0 saturated heterocycles. The van der Waals surface area contributed by atoms with Crippen LogP contribution in [0.3, 0.4) is 0 Å². The molecule has 330 valence electrons. The van der Waals surface area contributed by atoms with E-state index in [0.29, 0.717) is 12.8 Å². The van der Waals surface area contributed by atoms with E-state index in [2.05, 4.69) is 148 Å². The van der Waals surface area contributed by atoms with Gasteiger partial charge in [0.2, 0.25) is 0 Å². The molecule has 0 spiro atoms. The molecule has 0 bridgehead atoms. The molecule has 0 aliphatic carbocycles. The van der Waals surface area contributed by atoms with Crippen LogP contribution in [0, 0.1) is 0 Å². The highest BCUT2D eigenvalue weighted by Gasteiger charge is 2.16. The first-order valence-corrected chi connectivity index (χ1v) is 23.2. The molecular weight excluding hydrogens is 729 g/mol. The lowest BCUT2D eigenvalue weighted by Gasteiger charge is -2.15. The van der Waals surface area contributed by atoms with Crippen LogP contribution in [-0.2, 0) is 19.1 Å². The highest BCUT2D eigenvalue weighted by Crippen LogP contribution is 2.10. The maximum Gasteiger partial charge on any atom is 0.306 e. The van der Waals surface area contributed by atoms with E-state index < -0.39 is 6.10 Å². The highest BCUT2D eigenvalue weighted by molar-refractivity contribution is 5.70. The quantitative estimate of drug-likeness (QED) is 0.0379. The second kappa shape index (κ2) is 48.4. The van der Waals surface area contributed by atoms with Crippen LogP contribution in [-0.4, -0.2) is 36.4 Å². The molecule has 0 rings (SSSR count). The molecule has 0 aromatic heterocycles. The summed E-state index contributed by atoms with van der Waals surface area (Å²) in [6.45, 7) is 3.93. The first kappa shape index (κ1) is 55.0. The van der Waals surface area contributed by atoms with Crippen molar-refractivity contribution in [1.29, 1.82) is 0 Å². The SMILES string of the molecule is CC/C=C\C/C=C\C/C=C\C/C=C\C/C=C\C/C=C\C/C=C\C/C=C\C/C=C\C/C=C\CCCCC(=O)OC(CO)COC(=O)CCCCCCC/C=C\CCCCC.